The van der Waals surface area contributed by atoms with Crippen LogP contribution in [0.25, 0.3) is 0 Å². The van der Waals surface area contributed by atoms with Gasteiger partial charge in [0.25, 0.3) is 0 Å². The Morgan fingerprint density at radius 2 is 2.13 bits per heavy atom. The van der Waals surface area contributed by atoms with Crippen LogP contribution in [0.2, 0.25) is 0 Å². The summed E-state index contributed by atoms with van der Waals surface area (Å²) < 4.78 is 4.85. The maximum Gasteiger partial charge on any atom is 0.240 e. The number of carbonyl (C=O) groups excluding carboxylic acids is 1. The number of carbonyl (C=O) groups is 1. The van der Waals surface area contributed by atoms with E-state index in [9.17, 15) is 4.79 Å². The zero-order chi connectivity index (χ0) is 11.1. The smallest absolute Gasteiger partial charge is 0.240 e. The van der Waals surface area contributed by atoms with Crippen LogP contribution in [0.4, 0.5) is 0 Å². The summed E-state index contributed by atoms with van der Waals surface area (Å²) in [5.41, 5.74) is -0.772. The lowest BCUT2D eigenvalue weighted by Crippen LogP contribution is -2.42. The minimum absolute atomic E-state index is 0.123. The second-order valence-electron chi connectivity index (χ2n) is 4.00. The van der Waals surface area contributed by atoms with Gasteiger partial charge in [0.15, 0.2) is 0 Å². The summed E-state index contributed by atoms with van der Waals surface area (Å²) in [6, 6.07) is 2.19. The van der Waals surface area contributed by atoms with E-state index in [-0.39, 0.29) is 5.91 Å². The van der Waals surface area contributed by atoms with E-state index >= 15 is 0 Å². The summed E-state index contributed by atoms with van der Waals surface area (Å²) in [6.45, 7) is 0.978. The molecule has 1 N–H and O–H groups in total. The molecule has 0 heterocycles. The molecule has 0 radical (unpaired) electrons. The van der Waals surface area contributed by atoms with Gasteiger partial charge in [-0.15, -0.1) is 0 Å². The third-order valence-corrected chi connectivity index (χ3v) is 2.95. The van der Waals surface area contributed by atoms with Gasteiger partial charge in [-0.3, -0.25) is 4.79 Å². The molecule has 0 aromatic rings. The Morgan fingerprint density at radius 3 is 2.67 bits per heavy atom. The van der Waals surface area contributed by atoms with Crippen LogP contribution >= 0.6 is 0 Å². The minimum Gasteiger partial charge on any atom is -0.383 e. The van der Waals surface area contributed by atoms with Crippen LogP contribution in [0.5, 0.6) is 0 Å². The maximum atomic E-state index is 11.8. The zero-order valence-electron chi connectivity index (χ0n) is 9.21. The van der Waals surface area contributed by atoms with E-state index in [0.29, 0.717) is 26.0 Å². The van der Waals surface area contributed by atoms with Crippen molar-refractivity contribution in [2.75, 3.05) is 20.3 Å². The molecule has 0 saturated heterocycles. The average molecular weight is 210 g/mol. The normalized spacial score (nSPS) is 19.2. The number of methoxy groups -OCH3 is 1. The molecule has 15 heavy (non-hydrogen) atoms. The van der Waals surface area contributed by atoms with Crippen molar-refractivity contribution in [3.8, 4) is 6.07 Å². The van der Waals surface area contributed by atoms with Crippen molar-refractivity contribution >= 4 is 5.91 Å². The number of amides is 1. The topological polar surface area (TPSA) is 62.1 Å². The molecular weight excluding hydrogens is 192 g/mol. The van der Waals surface area contributed by atoms with Gasteiger partial charge in [-0.25, -0.2) is 0 Å². The summed E-state index contributed by atoms with van der Waals surface area (Å²) in [4.78, 5) is 11.8. The Hall–Kier alpha value is -1.08. The van der Waals surface area contributed by atoms with Gasteiger partial charge in [0.1, 0.15) is 5.41 Å². The molecule has 4 heteroatoms. The molecule has 84 valence electrons. The number of rotatable bonds is 4. The number of hydrogen-bond acceptors (Lipinski definition) is 3. The van der Waals surface area contributed by atoms with Crippen molar-refractivity contribution in [1.29, 1.82) is 5.26 Å². The Morgan fingerprint density at radius 1 is 1.47 bits per heavy atom. The van der Waals surface area contributed by atoms with Crippen LogP contribution in [0.15, 0.2) is 0 Å². The first-order chi connectivity index (χ1) is 7.25. The summed E-state index contributed by atoms with van der Waals surface area (Å²) in [6.07, 6.45) is 4.48. The molecule has 0 aliphatic heterocycles. The summed E-state index contributed by atoms with van der Waals surface area (Å²) in [5.74, 6) is -0.123. The highest BCUT2D eigenvalue weighted by atomic mass is 16.5. The van der Waals surface area contributed by atoms with Crippen molar-refractivity contribution in [3.63, 3.8) is 0 Å². The Kier molecular flexibility index (Phi) is 4.57. The molecule has 0 aromatic heterocycles. The van der Waals surface area contributed by atoms with Crippen LogP contribution in [-0.2, 0) is 9.53 Å². The monoisotopic (exact) mass is 210 g/mol. The van der Waals surface area contributed by atoms with Crippen molar-refractivity contribution in [1.82, 2.24) is 5.32 Å². The van der Waals surface area contributed by atoms with Crippen LogP contribution in [0.3, 0.4) is 0 Å². The Bertz CT molecular complexity index is 252. The third-order valence-electron chi connectivity index (χ3n) is 2.95. The predicted molar refractivity (Wildman–Crippen MR) is 56.0 cm³/mol. The summed E-state index contributed by atoms with van der Waals surface area (Å²) >= 11 is 0. The molecule has 4 nitrogen and oxygen atoms in total. The molecular formula is C11H18N2O2. The second kappa shape index (κ2) is 5.72. The van der Waals surface area contributed by atoms with Crippen LogP contribution in [-0.4, -0.2) is 26.2 Å². The van der Waals surface area contributed by atoms with Crippen molar-refractivity contribution in [3.05, 3.63) is 0 Å². The van der Waals surface area contributed by atoms with E-state index in [1.54, 1.807) is 7.11 Å². The lowest BCUT2D eigenvalue weighted by molar-refractivity contribution is -0.129. The fourth-order valence-corrected chi connectivity index (χ4v) is 1.98. The minimum atomic E-state index is -0.772. The second-order valence-corrected chi connectivity index (χ2v) is 4.00. The molecule has 1 saturated carbocycles. The van der Waals surface area contributed by atoms with Crippen LogP contribution in [0, 0.1) is 16.7 Å². The highest BCUT2D eigenvalue weighted by Gasteiger charge is 2.39. The fraction of sp³-hybridized carbons (Fsp3) is 0.818. The maximum absolute atomic E-state index is 11.8. The first kappa shape index (κ1) is 12.0. The lowest BCUT2D eigenvalue weighted by atomic mass is 9.74. The Labute approximate surface area is 90.6 Å². The number of hydrogen-bond donors (Lipinski definition) is 1. The highest BCUT2D eigenvalue weighted by Crippen LogP contribution is 2.35. The van der Waals surface area contributed by atoms with E-state index < -0.39 is 5.41 Å². The van der Waals surface area contributed by atoms with Crippen LogP contribution < -0.4 is 5.32 Å². The van der Waals surface area contributed by atoms with Gasteiger partial charge in [0, 0.05) is 13.7 Å². The highest BCUT2D eigenvalue weighted by molar-refractivity contribution is 5.85. The van der Waals surface area contributed by atoms with E-state index in [2.05, 4.69) is 11.4 Å². The van der Waals surface area contributed by atoms with Crippen molar-refractivity contribution in [2.45, 2.75) is 32.1 Å². The van der Waals surface area contributed by atoms with Gasteiger partial charge in [0.2, 0.25) is 5.91 Å². The quantitative estimate of drug-likeness (QED) is 0.710. The molecule has 1 rings (SSSR count). The molecule has 0 aromatic carbocycles. The third kappa shape index (κ3) is 2.93. The molecule has 0 spiro atoms. The van der Waals surface area contributed by atoms with Gasteiger partial charge in [0.05, 0.1) is 12.7 Å². The number of ether oxygens (including phenoxy) is 1. The standard InChI is InChI=1S/C11H18N2O2/c1-15-8-7-13-10(14)11(9-12)5-3-2-4-6-11/h2-8H2,1H3,(H,13,14). The van der Waals surface area contributed by atoms with Gasteiger partial charge in [-0.1, -0.05) is 19.3 Å². The molecule has 1 aliphatic rings. The fourth-order valence-electron chi connectivity index (χ4n) is 1.98. The summed E-state index contributed by atoms with van der Waals surface area (Å²) in [7, 11) is 1.59. The van der Waals surface area contributed by atoms with E-state index in [1.807, 2.05) is 0 Å². The van der Waals surface area contributed by atoms with Gasteiger partial charge < -0.3 is 10.1 Å². The van der Waals surface area contributed by atoms with Gasteiger partial charge >= 0.3 is 0 Å². The number of nitrogens with zero attached hydrogens (tertiary/aromatic N) is 1. The van der Waals surface area contributed by atoms with Crippen LogP contribution in [0.1, 0.15) is 32.1 Å². The van der Waals surface area contributed by atoms with Crippen molar-refractivity contribution in [2.24, 2.45) is 5.41 Å². The van der Waals surface area contributed by atoms with Gasteiger partial charge in [-0.05, 0) is 12.8 Å². The zero-order valence-corrected chi connectivity index (χ0v) is 9.21. The first-order valence-electron chi connectivity index (χ1n) is 5.44. The molecule has 0 bridgehead atoms. The first-order valence-corrected chi connectivity index (χ1v) is 5.44. The summed E-state index contributed by atoms with van der Waals surface area (Å²) in [5, 5.41) is 11.9. The molecule has 1 aliphatic carbocycles. The van der Waals surface area contributed by atoms with E-state index in [1.165, 1.54) is 0 Å². The van der Waals surface area contributed by atoms with E-state index in [0.717, 1.165) is 19.3 Å². The van der Waals surface area contributed by atoms with Gasteiger partial charge in [-0.2, -0.15) is 5.26 Å². The number of nitrogens with one attached hydrogen (secondary N) is 1. The van der Waals surface area contributed by atoms with Crippen molar-refractivity contribution < 1.29 is 9.53 Å². The largest absolute Gasteiger partial charge is 0.383 e. The Balaban J connectivity index is 2.50. The molecule has 0 unspecified atom stereocenters. The predicted octanol–water partition coefficient (Wildman–Crippen LogP) is 1.22. The SMILES string of the molecule is COCCNC(=O)C1(C#N)CCCCC1. The molecule has 0 atom stereocenters. The molecule has 1 fully saturated rings. The van der Waals surface area contributed by atoms with E-state index in [4.69, 9.17) is 10.00 Å². The lowest BCUT2D eigenvalue weighted by Gasteiger charge is -2.29. The average Bonchev–Trinajstić information content (AvgIpc) is 2.30. The number of nitriles is 1. The molecule has 1 amide bonds.